The first kappa shape index (κ1) is 13.1. The van der Waals surface area contributed by atoms with Crippen molar-refractivity contribution in [2.75, 3.05) is 13.1 Å². The van der Waals surface area contributed by atoms with Crippen LogP contribution in [0.3, 0.4) is 0 Å². The second kappa shape index (κ2) is 5.51. The summed E-state index contributed by atoms with van der Waals surface area (Å²) < 4.78 is 1.12. The number of hydrogen-bond acceptors (Lipinski definition) is 2. The highest BCUT2D eigenvalue weighted by Gasteiger charge is 2.31. The normalized spacial score (nSPS) is 27.3. The summed E-state index contributed by atoms with van der Waals surface area (Å²) in [5.74, 6) is 0.787. The third-order valence-corrected chi connectivity index (χ3v) is 4.24. The molecule has 0 spiro atoms. The molecule has 0 saturated carbocycles. The second-order valence-electron chi connectivity index (χ2n) is 5.19. The molecule has 2 N–H and O–H groups in total. The number of nitrogens with zero attached hydrogens (tertiary/aromatic N) is 1. The Labute approximate surface area is 112 Å². The average molecular weight is 297 g/mol. The van der Waals surface area contributed by atoms with Gasteiger partial charge in [0, 0.05) is 29.6 Å². The molecule has 17 heavy (non-hydrogen) atoms. The number of halogens is 1. The molecule has 0 bridgehead atoms. The number of rotatable bonds is 3. The first-order valence-electron chi connectivity index (χ1n) is 6.33. The molecule has 0 aliphatic carbocycles. The maximum atomic E-state index is 5.98. The largest absolute Gasteiger partial charge is 0.329 e. The van der Waals surface area contributed by atoms with Crippen molar-refractivity contribution in [2.45, 2.75) is 32.4 Å². The first-order chi connectivity index (χ1) is 8.11. The van der Waals surface area contributed by atoms with E-state index in [-0.39, 0.29) is 0 Å². The van der Waals surface area contributed by atoms with E-state index in [1.165, 1.54) is 18.5 Å². The molecule has 0 amide bonds. The van der Waals surface area contributed by atoms with Crippen molar-refractivity contribution >= 4 is 15.9 Å². The summed E-state index contributed by atoms with van der Waals surface area (Å²) >= 11 is 3.48. The predicted molar refractivity (Wildman–Crippen MR) is 75.9 cm³/mol. The molecule has 1 saturated heterocycles. The molecule has 2 nitrogen and oxygen atoms in total. The number of nitrogens with two attached hydrogens (primary N) is 1. The lowest BCUT2D eigenvalue weighted by molar-refractivity contribution is 0.192. The zero-order valence-corrected chi connectivity index (χ0v) is 12.2. The van der Waals surface area contributed by atoms with Gasteiger partial charge in [0.25, 0.3) is 0 Å². The Balaban J connectivity index is 2.18. The molecule has 3 heteroatoms. The van der Waals surface area contributed by atoms with Crippen molar-refractivity contribution in [1.82, 2.24) is 4.90 Å². The zero-order valence-electron chi connectivity index (χ0n) is 10.6. The van der Waals surface area contributed by atoms with Crippen LogP contribution in [0.4, 0.5) is 0 Å². The minimum absolute atomic E-state index is 0.364. The molecule has 1 fully saturated rings. The number of hydrogen-bond donors (Lipinski definition) is 1. The Bertz CT molecular complexity index is 363. The van der Waals surface area contributed by atoms with Crippen molar-refractivity contribution in [2.24, 2.45) is 11.7 Å². The summed E-state index contributed by atoms with van der Waals surface area (Å²) in [6.45, 7) is 6.49. The van der Waals surface area contributed by atoms with E-state index in [1.54, 1.807) is 0 Å². The van der Waals surface area contributed by atoms with Crippen LogP contribution in [0.15, 0.2) is 28.7 Å². The van der Waals surface area contributed by atoms with E-state index in [4.69, 9.17) is 5.73 Å². The van der Waals surface area contributed by atoms with Gasteiger partial charge < -0.3 is 5.73 Å². The molecule has 0 radical (unpaired) electrons. The highest BCUT2D eigenvalue weighted by Crippen LogP contribution is 2.31. The van der Waals surface area contributed by atoms with E-state index in [0.29, 0.717) is 18.6 Å². The number of benzene rings is 1. The predicted octanol–water partition coefficient (Wildman–Crippen LogP) is 3.18. The topological polar surface area (TPSA) is 29.3 Å². The van der Waals surface area contributed by atoms with Crippen molar-refractivity contribution in [3.05, 3.63) is 34.3 Å². The maximum Gasteiger partial charge on any atom is 0.0473 e. The lowest BCUT2D eigenvalue weighted by Crippen LogP contribution is -2.36. The van der Waals surface area contributed by atoms with Crippen LogP contribution in [0, 0.1) is 5.92 Å². The van der Waals surface area contributed by atoms with E-state index in [9.17, 15) is 0 Å². The Morgan fingerprint density at radius 3 is 2.47 bits per heavy atom. The molecule has 1 aliphatic heterocycles. The molecular weight excluding hydrogens is 276 g/mol. The van der Waals surface area contributed by atoms with Gasteiger partial charge in [-0.15, -0.1) is 0 Å². The Kier molecular flexibility index (Phi) is 4.23. The van der Waals surface area contributed by atoms with Crippen molar-refractivity contribution in [3.63, 3.8) is 0 Å². The van der Waals surface area contributed by atoms with Gasteiger partial charge in [0.05, 0.1) is 0 Å². The third-order valence-electron chi connectivity index (χ3n) is 3.71. The summed E-state index contributed by atoms with van der Waals surface area (Å²) in [6, 6.07) is 9.56. The fourth-order valence-corrected chi connectivity index (χ4v) is 3.18. The SMILES string of the molecule is CC1CC(C)N(C(CN)c2ccc(Br)cc2)C1. The van der Waals surface area contributed by atoms with Gasteiger partial charge in [-0.1, -0.05) is 35.0 Å². The molecule has 94 valence electrons. The van der Waals surface area contributed by atoms with Crippen molar-refractivity contribution in [1.29, 1.82) is 0 Å². The van der Waals surface area contributed by atoms with Crippen LogP contribution in [0.1, 0.15) is 31.9 Å². The molecule has 1 aliphatic rings. The molecule has 1 heterocycles. The summed E-state index contributed by atoms with van der Waals surface area (Å²) in [4.78, 5) is 2.55. The molecule has 3 unspecified atom stereocenters. The molecular formula is C14H21BrN2. The van der Waals surface area contributed by atoms with Gasteiger partial charge in [-0.2, -0.15) is 0 Å². The van der Waals surface area contributed by atoms with Crippen LogP contribution >= 0.6 is 15.9 Å². The average Bonchev–Trinajstić information content (AvgIpc) is 2.62. The van der Waals surface area contributed by atoms with Crippen LogP contribution in [-0.4, -0.2) is 24.0 Å². The molecule has 3 atom stereocenters. The van der Waals surface area contributed by atoms with Gasteiger partial charge in [-0.25, -0.2) is 0 Å². The van der Waals surface area contributed by atoms with E-state index >= 15 is 0 Å². The van der Waals surface area contributed by atoms with E-state index in [2.05, 4.69) is 58.9 Å². The Hall–Kier alpha value is -0.380. The highest BCUT2D eigenvalue weighted by atomic mass is 79.9. The second-order valence-corrected chi connectivity index (χ2v) is 6.11. The highest BCUT2D eigenvalue weighted by molar-refractivity contribution is 9.10. The van der Waals surface area contributed by atoms with Gasteiger partial charge in [0.1, 0.15) is 0 Å². The number of likely N-dealkylation sites (tertiary alicyclic amines) is 1. The summed E-state index contributed by atoms with van der Waals surface area (Å²) in [7, 11) is 0. The van der Waals surface area contributed by atoms with Crippen LogP contribution in [-0.2, 0) is 0 Å². The molecule has 0 aromatic heterocycles. The maximum absolute atomic E-state index is 5.98. The molecule has 1 aromatic carbocycles. The van der Waals surface area contributed by atoms with Crippen molar-refractivity contribution < 1.29 is 0 Å². The van der Waals surface area contributed by atoms with E-state index in [1.807, 2.05) is 0 Å². The summed E-state index contributed by atoms with van der Waals surface area (Å²) in [6.07, 6.45) is 1.28. The van der Waals surface area contributed by atoms with Crippen LogP contribution in [0.25, 0.3) is 0 Å². The fraction of sp³-hybridized carbons (Fsp3) is 0.571. The monoisotopic (exact) mass is 296 g/mol. The van der Waals surface area contributed by atoms with Crippen LogP contribution in [0.5, 0.6) is 0 Å². The van der Waals surface area contributed by atoms with E-state index < -0.39 is 0 Å². The lowest BCUT2D eigenvalue weighted by atomic mass is 10.0. The van der Waals surface area contributed by atoms with E-state index in [0.717, 1.165) is 10.4 Å². The quantitative estimate of drug-likeness (QED) is 0.928. The Morgan fingerprint density at radius 2 is 2.00 bits per heavy atom. The van der Waals surface area contributed by atoms with Crippen LogP contribution < -0.4 is 5.73 Å². The van der Waals surface area contributed by atoms with Gasteiger partial charge >= 0.3 is 0 Å². The zero-order chi connectivity index (χ0) is 12.4. The standard InChI is InChI=1S/C14H21BrN2/c1-10-7-11(2)17(9-10)14(8-16)12-3-5-13(15)6-4-12/h3-6,10-11,14H,7-9,16H2,1-2H3. The fourth-order valence-electron chi connectivity index (χ4n) is 2.91. The van der Waals surface area contributed by atoms with Gasteiger partial charge in [0.2, 0.25) is 0 Å². The lowest BCUT2D eigenvalue weighted by Gasteiger charge is -2.31. The Morgan fingerprint density at radius 1 is 1.35 bits per heavy atom. The van der Waals surface area contributed by atoms with Gasteiger partial charge in [-0.05, 0) is 37.0 Å². The first-order valence-corrected chi connectivity index (χ1v) is 7.12. The molecule has 2 rings (SSSR count). The minimum atomic E-state index is 0.364. The minimum Gasteiger partial charge on any atom is -0.329 e. The smallest absolute Gasteiger partial charge is 0.0473 e. The van der Waals surface area contributed by atoms with Crippen molar-refractivity contribution in [3.8, 4) is 0 Å². The summed E-state index contributed by atoms with van der Waals surface area (Å²) in [5.41, 5.74) is 7.31. The third kappa shape index (κ3) is 2.90. The van der Waals surface area contributed by atoms with Gasteiger partial charge in [0.15, 0.2) is 0 Å². The molecule has 1 aromatic rings. The summed E-state index contributed by atoms with van der Waals surface area (Å²) in [5, 5.41) is 0. The van der Waals surface area contributed by atoms with Crippen LogP contribution in [0.2, 0.25) is 0 Å². The van der Waals surface area contributed by atoms with Gasteiger partial charge in [-0.3, -0.25) is 4.90 Å².